The molecule has 0 heterocycles. The predicted octanol–water partition coefficient (Wildman–Crippen LogP) is 1.83. The van der Waals surface area contributed by atoms with Gasteiger partial charge in [0.2, 0.25) is 5.91 Å². The average molecular weight is 300 g/mol. The van der Waals surface area contributed by atoms with Crippen LogP contribution in [0.5, 0.6) is 0 Å². The molecule has 0 aliphatic rings. The number of primary amides is 1. The minimum absolute atomic E-state index is 0.288. The highest BCUT2D eigenvalue weighted by Gasteiger charge is 2.17. The summed E-state index contributed by atoms with van der Waals surface area (Å²) >= 11 is 3.31. The van der Waals surface area contributed by atoms with E-state index in [0.717, 1.165) is 4.47 Å². The van der Waals surface area contributed by atoms with Crippen LogP contribution in [0.2, 0.25) is 0 Å². The molecule has 0 spiro atoms. The molecule has 1 rings (SSSR count). The minimum atomic E-state index is -0.707. The predicted molar refractivity (Wildman–Crippen MR) is 69.6 cm³/mol. The molecule has 0 fully saturated rings. The summed E-state index contributed by atoms with van der Waals surface area (Å²) in [5, 5.41) is 5.08. The third kappa shape index (κ3) is 4.44. The molecule has 0 unspecified atom stereocenters. The summed E-state index contributed by atoms with van der Waals surface area (Å²) in [6, 6.07) is 5.87. The van der Waals surface area contributed by atoms with Crippen molar-refractivity contribution in [1.82, 2.24) is 5.32 Å². The Balaban J connectivity index is 2.67. The molecule has 6 heteroatoms. The number of halogens is 1. The molecule has 1 aromatic rings. The Bertz CT molecular complexity index is 423. The molecule has 0 aliphatic carbocycles. The van der Waals surface area contributed by atoms with E-state index in [9.17, 15) is 9.59 Å². The van der Waals surface area contributed by atoms with E-state index in [2.05, 4.69) is 26.6 Å². The number of hydrogen-bond acceptors (Lipinski definition) is 2. The van der Waals surface area contributed by atoms with Crippen molar-refractivity contribution in [3.05, 3.63) is 28.7 Å². The number of rotatable bonds is 4. The fourth-order valence-electron chi connectivity index (χ4n) is 1.32. The van der Waals surface area contributed by atoms with E-state index in [1.807, 2.05) is 12.1 Å². The van der Waals surface area contributed by atoms with Crippen LogP contribution in [-0.4, -0.2) is 18.0 Å². The van der Waals surface area contributed by atoms with Gasteiger partial charge in [-0.3, -0.25) is 4.79 Å². The Morgan fingerprint density at radius 1 is 1.47 bits per heavy atom. The first-order valence-electron chi connectivity index (χ1n) is 5.15. The highest BCUT2D eigenvalue weighted by molar-refractivity contribution is 9.10. The SMILES string of the molecule is CC[C@@H](NC(N)=O)C(=O)Nc1cccc(Br)c1. The molecule has 92 valence electrons. The molecule has 17 heavy (non-hydrogen) atoms. The molecule has 5 nitrogen and oxygen atoms in total. The van der Waals surface area contributed by atoms with Crippen LogP contribution in [0.3, 0.4) is 0 Å². The van der Waals surface area contributed by atoms with Gasteiger partial charge in [0, 0.05) is 10.2 Å². The number of carbonyl (C=O) groups is 2. The largest absolute Gasteiger partial charge is 0.352 e. The fraction of sp³-hybridized carbons (Fsp3) is 0.273. The summed E-state index contributed by atoms with van der Waals surface area (Å²) in [6.07, 6.45) is 0.475. The maximum absolute atomic E-state index is 11.8. The zero-order valence-electron chi connectivity index (χ0n) is 9.37. The normalized spacial score (nSPS) is 11.6. The Labute approximate surface area is 108 Å². The number of anilines is 1. The Morgan fingerprint density at radius 2 is 2.18 bits per heavy atom. The van der Waals surface area contributed by atoms with Crippen LogP contribution in [0.4, 0.5) is 10.5 Å². The molecule has 0 radical (unpaired) electrons. The van der Waals surface area contributed by atoms with E-state index in [0.29, 0.717) is 12.1 Å². The van der Waals surface area contributed by atoms with Crippen molar-refractivity contribution < 1.29 is 9.59 Å². The van der Waals surface area contributed by atoms with E-state index in [1.54, 1.807) is 19.1 Å². The summed E-state index contributed by atoms with van der Waals surface area (Å²) < 4.78 is 0.867. The van der Waals surface area contributed by atoms with Crippen LogP contribution in [0, 0.1) is 0 Å². The van der Waals surface area contributed by atoms with Crippen LogP contribution in [0.15, 0.2) is 28.7 Å². The summed E-state index contributed by atoms with van der Waals surface area (Å²) in [6.45, 7) is 1.79. The molecule has 0 aliphatic heterocycles. The van der Waals surface area contributed by atoms with Gasteiger partial charge in [-0.2, -0.15) is 0 Å². The van der Waals surface area contributed by atoms with Gasteiger partial charge in [-0.25, -0.2) is 4.79 Å². The molecule has 4 N–H and O–H groups in total. The topological polar surface area (TPSA) is 84.2 Å². The van der Waals surface area contributed by atoms with Crippen LogP contribution < -0.4 is 16.4 Å². The van der Waals surface area contributed by atoms with Gasteiger partial charge in [0.1, 0.15) is 6.04 Å². The van der Waals surface area contributed by atoms with Crippen LogP contribution in [-0.2, 0) is 4.79 Å². The van der Waals surface area contributed by atoms with Gasteiger partial charge in [0.05, 0.1) is 0 Å². The zero-order chi connectivity index (χ0) is 12.8. The van der Waals surface area contributed by atoms with E-state index in [1.165, 1.54) is 0 Å². The number of carbonyl (C=O) groups excluding carboxylic acids is 2. The quantitative estimate of drug-likeness (QED) is 0.792. The highest BCUT2D eigenvalue weighted by Crippen LogP contribution is 2.15. The second-order valence-electron chi connectivity index (χ2n) is 3.47. The summed E-state index contributed by atoms with van der Waals surface area (Å²) in [5.74, 6) is -0.288. The second-order valence-corrected chi connectivity index (χ2v) is 4.38. The van der Waals surface area contributed by atoms with E-state index >= 15 is 0 Å². The number of amides is 3. The number of urea groups is 1. The van der Waals surface area contributed by atoms with Crippen molar-refractivity contribution in [2.24, 2.45) is 5.73 Å². The van der Waals surface area contributed by atoms with Gasteiger partial charge in [0.15, 0.2) is 0 Å². The maximum atomic E-state index is 11.8. The number of nitrogens with two attached hydrogens (primary N) is 1. The van der Waals surface area contributed by atoms with Crippen molar-refractivity contribution in [1.29, 1.82) is 0 Å². The Morgan fingerprint density at radius 3 is 2.71 bits per heavy atom. The molecule has 0 aromatic heterocycles. The molecule has 1 atom stereocenters. The van der Waals surface area contributed by atoms with Gasteiger partial charge in [-0.15, -0.1) is 0 Å². The van der Waals surface area contributed by atoms with Crippen LogP contribution in [0.25, 0.3) is 0 Å². The summed E-state index contributed by atoms with van der Waals surface area (Å²) in [5.41, 5.74) is 5.65. The average Bonchev–Trinajstić information content (AvgIpc) is 2.25. The molecular weight excluding hydrogens is 286 g/mol. The smallest absolute Gasteiger partial charge is 0.312 e. The Hall–Kier alpha value is -1.56. The lowest BCUT2D eigenvalue weighted by atomic mass is 10.2. The first-order chi connectivity index (χ1) is 8.02. The molecule has 0 saturated heterocycles. The minimum Gasteiger partial charge on any atom is -0.352 e. The van der Waals surface area contributed by atoms with Crippen molar-refractivity contribution in [3.63, 3.8) is 0 Å². The molecule has 1 aromatic carbocycles. The standard InChI is InChI=1S/C11H14BrN3O2/c1-2-9(15-11(13)17)10(16)14-8-5-3-4-7(12)6-8/h3-6,9H,2H2,1H3,(H,14,16)(H3,13,15,17)/t9-/m1/s1. The molecule has 0 bridgehead atoms. The van der Waals surface area contributed by atoms with Gasteiger partial charge >= 0.3 is 6.03 Å². The van der Waals surface area contributed by atoms with Crippen molar-refractivity contribution >= 4 is 33.6 Å². The maximum Gasteiger partial charge on any atom is 0.312 e. The lowest BCUT2D eigenvalue weighted by Gasteiger charge is -2.15. The number of nitrogens with one attached hydrogen (secondary N) is 2. The molecule has 3 amide bonds. The van der Waals surface area contributed by atoms with Crippen molar-refractivity contribution in [2.45, 2.75) is 19.4 Å². The first-order valence-corrected chi connectivity index (χ1v) is 5.94. The van der Waals surface area contributed by atoms with Gasteiger partial charge in [-0.05, 0) is 24.6 Å². The number of benzene rings is 1. The van der Waals surface area contributed by atoms with Crippen LogP contribution >= 0.6 is 15.9 Å². The highest BCUT2D eigenvalue weighted by atomic mass is 79.9. The van der Waals surface area contributed by atoms with Crippen molar-refractivity contribution in [3.8, 4) is 0 Å². The number of hydrogen-bond donors (Lipinski definition) is 3. The van der Waals surface area contributed by atoms with Crippen LogP contribution in [0.1, 0.15) is 13.3 Å². The van der Waals surface area contributed by atoms with Gasteiger partial charge in [0.25, 0.3) is 0 Å². The van der Waals surface area contributed by atoms with E-state index in [-0.39, 0.29) is 5.91 Å². The third-order valence-electron chi connectivity index (χ3n) is 2.13. The van der Waals surface area contributed by atoms with Gasteiger partial charge in [-0.1, -0.05) is 28.9 Å². The van der Waals surface area contributed by atoms with Gasteiger partial charge < -0.3 is 16.4 Å². The Kier molecular flexibility index (Phi) is 4.96. The van der Waals surface area contributed by atoms with E-state index in [4.69, 9.17) is 5.73 Å². The second kappa shape index (κ2) is 6.24. The molecular formula is C11H14BrN3O2. The van der Waals surface area contributed by atoms with E-state index < -0.39 is 12.1 Å². The lowest BCUT2D eigenvalue weighted by Crippen LogP contribution is -2.45. The third-order valence-corrected chi connectivity index (χ3v) is 2.63. The zero-order valence-corrected chi connectivity index (χ0v) is 11.0. The first kappa shape index (κ1) is 13.5. The summed E-state index contributed by atoms with van der Waals surface area (Å²) in [7, 11) is 0. The molecule has 0 saturated carbocycles. The van der Waals surface area contributed by atoms with Crippen molar-refractivity contribution in [2.75, 3.05) is 5.32 Å². The monoisotopic (exact) mass is 299 g/mol. The lowest BCUT2D eigenvalue weighted by molar-refractivity contribution is -0.118. The fourth-order valence-corrected chi connectivity index (χ4v) is 1.72. The summed E-state index contributed by atoms with van der Waals surface area (Å²) in [4.78, 5) is 22.5.